The van der Waals surface area contributed by atoms with Gasteiger partial charge < -0.3 is 10.6 Å². The number of hydrogen-bond acceptors (Lipinski definition) is 3. The first-order valence-corrected chi connectivity index (χ1v) is 5.62. The predicted octanol–water partition coefficient (Wildman–Crippen LogP) is 2.49. The van der Waals surface area contributed by atoms with Crippen molar-refractivity contribution in [3.8, 4) is 0 Å². The van der Waals surface area contributed by atoms with Crippen LogP contribution in [-0.4, -0.2) is 10.9 Å². The third kappa shape index (κ3) is 1.84. The second-order valence-electron chi connectivity index (χ2n) is 3.94. The van der Waals surface area contributed by atoms with Gasteiger partial charge in [0.1, 0.15) is 0 Å². The minimum atomic E-state index is -0.0902. The van der Waals surface area contributed by atoms with Crippen molar-refractivity contribution in [1.82, 2.24) is 4.98 Å². The molecule has 0 saturated heterocycles. The van der Waals surface area contributed by atoms with E-state index in [1.807, 2.05) is 36.4 Å². The fraction of sp³-hybridized carbons (Fsp3) is 0. The molecule has 2 N–H and O–H groups in total. The Bertz CT molecular complexity index is 620. The molecule has 0 saturated carbocycles. The third-order valence-corrected chi connectivity index (χ3v) is 2.75. The van der Waals surface area contributed by atoms with Crippen LogP contribution in [0.4, 0.5) is 11.4 Å². The summed E-state index contributed by atoms with van der Waals surface area (Å²) in [4.78, 5) is 15.8. The molecule has 0 aliphatic carbocycles. The minimum Gasteiger partial charge on any atom is -0.360 e. The molecule has 0 bridgehead atoms. The van der Waals surface area contributed by atoms with Gasteiger partial charge in [-0.15, -0.1) is 0 Å². The summed E-state index contributed by atoms with van der Waals surface area (Å²) in [6.45, 7) is 0. The zero-order valence-electron chi connectivity index (χ0n) is 9.55. The highest BCUT2D eigenvalue weighted by atomic mass is 16.2. The van der Waals surface area contributed by atoms with E-state index in [-0.39, 0.29) is 5.91 Å². The first-order chi connectivity index (χ1) is 8.84. The highest BCUT2D eigenvalue weighted by molar-refractivity contribution is 6.31. The van der Waals surface area contributed by atoms with Gasteiger partial charge in [-0.25, -0.2) is 0 Å². The standard InChI is InChI=1S/C14H11N3O/c18-14-12(9-16-10-4-3-7-15-8-10)11-5-1-2-6-13(11)17-14/h1-9,16H,(H,17,18)/b12-9-. The Balaban J connectivity index is 1.91. The molecule has 1 amide bonds. The first kappa shape index (κ1) is 10.5. The van der Waals surface area contributed by atoms with Gasteiger partial charge in [0.25, 0.3) is 5.91 Å². The highest BCUT2D eigenvalue weighted by Crippen LogP contribution is 2.30. The maximum absolute atomic E-state index is 11.8. The van der Waals surface area contributed by atoms with Gasteiger partial charge in [0.2, 0.25) is 0 Å². The number of nitrogens with zero attached hydrogens (tertiary/aromatic N) is 1. The number of hydrogen-bond donors (Lipinski definition) is 2. The maximum Gasteiger partial charge on any atom is 0.257 e. The van der Waals surface area contributed by atoms with E-state index in [2.05, 4.69) is 15.6 Å². The van der Waals surface area contributed by atoms with Gasteiger partial charge in [-0.05, 0) is 18.2 Å². The van der Waals surface area contributed by atoms with E-state index >= 15 is 0 Å². The molecule has 1 aliphatic heterocycles. The molecule has 2 aromatic rings. The number of amides is 1. The second kappa shape index (κ2) is 4.33. The zero-order chi connectivity index (χ0) is 12.4. The molecule has 0 fully saturated rings. The van der Waals surface area contributed by atoms with Gasteiger partial charge in [0.15, 0.2) is 0 Å². The fourth-order valence-corrected chi connectivity index (χ4v) is 1.89. The number of carbonyl (C=O) groups excluding carboxylic acids is 1. The van der Waals surface area contributed by atoms with Crippen LogP contribution in [0, 0.1) is 0 Å². The first-order valence-electron chi connectivity index (χ1n) is 5.62. The summed E-state index contributed by atoms with van der Waals surface area (Å²) in [5.41, 5.74) is 3.25. The Morgan fingerprint density at radius 1 is 1.17 bits per heavy atom. The summed E-state index contributed by atoms with van der Waals surface area (Å²) in [6, 6.07) is 11.3. The van der Waals surface area contributed by atoms with Crippen LogP contribution in [0.25, 0.3) is 5.57 Å². The highest BCUT2D eigenvalue weighted by Gasteiger charge is 2.22. The molecule has 18 heavy (non-hydrogen) atoms. The van der Waals surface area contributed by atoms with Gasteiger partial charge in [-0.1, -0.05) is 18.2 Å². The van der Waals surface area contributed by atoms with Crippen molar-refractivity contribution in [1.29, 1.82) is 0 Å². The largest absolute Gasteiger partial charge is 0.360 e. The summed E-state index contributed by atoms with van der Waals surface area (Å²) < 4.78 is 0. The van der Waals surface area contributed by atoms with E-state index in [0.717, 1.165) is 16.9 Å². The number of nitrogens with one attached hydrogen (secondary N) is 2. The van der Waals surface area contributed by atoms with E-state index in [1.54, 1.807) is 18.6 Å². The summed E-state index contributed by atoms with van der Waals surface area (Å²) in [5, 5.41) is 5.89. The smallest absolute Gasteiger partial charge is 0.257 e. The van der Waals surface area contributed by atoms with Crippen LogP contribution < -0.4 is 10.6 Å². The molecular weight excluding hydrogens is 226 g/mol. The third-order valence-electron chi connectivity index (χ3n) is 2.75. The molecule has 0 spiro atoms. The molecule has 0 radical (unpaired) electrons. The number of benzene rings is 1. The Hall–Kier alpha value is -2.62. The van der Waals surface area contributed by atoms with E-state index in [1.165, 1.54) is 0 Å². The molecule has 88 valence electrons. The topological polar surface area (TPSA) is 54.0 Å². The molecular formula is C14H11N3O. The van der Waals surface area contributed by atoms with Crippen molar-refractivity contribution < 1.29 is 4.79 Å². The lowest BCUT2D eigenvalue weighted by atomic mass is 10.1. The van der Waals surface area contributed by atoms with E-state index in [9.17, 15) is 4.79 Å². The van der Waals surface area contributed by atoms with Crippen LogP contribution >= 0.6 is 0 Å². The number of aromatic nitrogens is 1. The van der Waals surface area contributed by atoms with Gasteiger partial charge >= 0.3 is 0 Å². The van der Waals surface area contributed by atoms with Crippen molar-refractivity contribution in [3.63, 3.8) is 0 Å². The lowest BCUT2D eigenvalue weighted by molar-refractivity contribution is -0.110. The quantitative estimate of drug-likeness (QED) is 0.789. The average Bonchev–Trinajstić information content (AvgIpc) is 2.73. The van der Waals surface area contributed by atoms with Crippen molar-refractivity contribution in [2.24, 2.45) is 0 Å². The monoisotopic (exact) mass is 237 g/mol. The lowest BCUT2D eigenvalue weighted by Gasteiger charge is -2.01. The zero-order valence-corrected chi connectivity index (χ0v) is 9.55. The Kier molecular flexibility index (Phi) is 2.53. The van der Waals surface area contributed by atoms with Gasteiger partial charge in [-0.3, -0.25) is 9.78 Å². The fourth-order valence-electron chi connectivity index (χ4n) is 1.89. The lowest BCUT2D eigenvalue weighted by Crippen LogP contribution is -2.05. The van der Waals surface area contributed by atoms with Crippen molar-refractivity contribution in [3.05, 3.63) is 60.6 Å². The van der Waals surface area contributed by atoms with Crippen molar-refractivity contribution in [2.75, 3.05) is 10.6 Å². The summed E-state index contributed by atoms with van der Waals surface area (Å²) in [7, 11) is 0. The van der Waals surface area contributed by atoms with Crippen molar-refractivity contribution in [2.45, 2.75) is 0 Å². The maximum atomic E-state index is 11.8. The Labute approximate surface area is 104 Å². The Morgan fingerprint density at radius 3 is 2.89 bits per heavy atom. The van der Waals surface area contributed by atoms with Crippen LogP contribution in [-0.2, 0) is 4.79 Å². The molecule has 4 heteroatoms. The second-order valence-corrected chi connectivity index (χ2v) is 3.94. The molecule has 4 nitrogen and oxygen atoms in total. The van der Waals surface area contributed by atoms with Gasteiger partial charge in [0, 0.05) is 23.6 Å². The van der Waals surface area contributed by atoms with Gasteiger partial charge in [0.05, 0.1) is 17.5 Å². The SMILES string of the molecule is O=C1Nc2ccccc2/C1=C/Nc1cccnc1. The number of rotatable bonds is 2. The number of para-hydroxylation sites is 1. The van der Waals surface area contributed by atoms with Crippen LogP contribution in [0.15, 0.2) is 55.0 Å². The molecule has 0 atom stereocenters. The molecule has 1 aliphatic rings. The van der Waals surface area contributed by atoms with E-state index in [0.29, 0.717) is 5.57 Å². The van der Waals surface area contributed by atoms with Gasteiger partial charge in [-0.2, -0.15) is 0 Å². The summed E-state index contributed by atoms with van der Waals surface area (Å²) >= 11 is 0. The molecule has 1 aromatic carbocycles. The molecule has 3 rings (SSSR count). The summed E-state index contributed by atoms with van der Waals surface area (Å²) in [5.74, 6) is -0.0902. The van der Waals surface area contributed by atoms with Crippen LogP contribution in [0.5, 0.6) is 0 Å². The minimum absolute atomic E-state index is 0.0902. The van der Waals surface area contributed by atoms with Crippen LogP contribution in [0.1, 0.15) is 5.56 Å². The molecule has 1 aromatic heterocycles. The van der Waals surface area contributed by atoms with E-state index < -0.39 is 0 Å². The number of anilines is 2. The van der Waals surface area contributed by atoms with E-state index in [4.69, 9.17) is 0 Å². The van der Waals surface area contributed by atoms with Crippen LogP contribution in [0.3, 0.4) is 0 Å². The number of fused-ring (bicyclic) bond motifs is 1. The predicted molar refractivity (Wildman–Crippen MR) is 70.9 cm³/mol. The van der Waals surface area contributed by atoms with Crippen molar-refractivity contribution >= 4 is 22.9 Å². The normalized spacial score (nSPS) is 15.3. The summed E-state index contributed by atoms with van der Waals surface area (Å²) in [6.07, 6.45) is 5.11. The Morgan fingerprint density at radius 2 is 2.06 bits per heavy atom. The number of pyridine rings is 1. The van der Waals surface area contributed by atoms with Crippen LogP contribution in [0.2, 0.25) is 0 Å². The average molecular weight is 237 g/mol. The molecule has 2 heterocycles. The number of carbonyl (C=O) groups is 1. The molecule has 0 unspecified atom stereocenters.